The van der Waals surface area contributed by atoms with Crippen molar-refractivity contribution in [2.45, 2.75) is 48.0 Å². The predicted molar refractivity (Wildman–Crippen MR) is 170 cm³/mol. The quantitative estimate of drug-likeness (QED) is 0.200. The second-order valence-corrected chi connectivity index (χ2v) is 9.72. The Balaban J connectivity index is 0.000000921. The van der Waals surface area contributed by atoms with Gasteiger partial charge in [0.1, 0.15) is 28.7 Å². The number of carbonyl (C=O) groups excluding carboxylic acids is 1. The number of hydrogen-bond donors (Lipinski definition) is 1. The van der Waals surface area contributed by atoms with Crippen LogP contribution in [0.2, 0.25) is 0 Å². The van der Waals surface area contributed by atoms with Crippen molar-refractivity contribution in [3.63, 3.8) is 0 Å². The number of thiophene rings is 1. The lowest BCUT2D eigenvalue weighted by Crippen LogP contribution is -2.26. The van der Waals surface area contributed by atoms with Crippen LogP contribution in [0.5, 0.6) is 23.0 Å². The zero-order chi connectivity index (χ0) is 30.2. The minimum Gasteiger partial charge on any atom is -0.508 e. The largest absolute Gasteiger partial charge is 0.508 e. The summed E-state index contributed by atoms with van der Waals surface area (Å²) < 4.78 is 25.6. The molecule has 1 aliphatic heterocycles. The minimum absolute atomic E-state index is 0.127. The molecule has 1 N–H and O–H groups in total. The Bertz CT molecular complexity index is 1310. The van der Waals surface area contributed by atoms with Crippen molar-refractivity contribution in [2.75, 3.05) is 32.9 Å². The Kier molecular flexibility index (Phi) is 14.9. The summed E-state index contributed by atoms with van der Waals surface area (Å²) in [7, 11) is 0. The van der Waals surface area contributed by atoms with Gasteiger partial charge in [0.2, 0.25) is 5.78 Å². The highest BCUT2D eigenvalue weighted by Gasteiger charge is 2.23. The first-order chi connectivity index (χ1) is 20.1. The average Bonchev–Trinajstić information content (AvgIpc) is 3.65. The van der Waals surface area contributed by atoms with Crippen molar-refractivity contribution in [3.05, 3.63) is 83.2 Å². The van der Waals surface area contributed by atoms with Gasteiger partial charge in [0, 0.05) is 34.7 Å². The van der Waals surface area contributed by atoms with Crippen molar-refractivity contribution in [2.24, 2.45) is 5.92 Å². The van der Waals surface area contributed by atoms with Crippen LogP contribution in [-0.4, -0.2) is 48.7 Å². The molecule has 1 saturated heterocycles. The maximum Gasteiger partial charge on any atom is 0.206 e. The SMILES string of the molecule is CC.CC.CC.O=C(c1ccccc1)c1sc2cc(O)ccc2c1Oc1ccc(OCCN2CC[C@@H](CF)C2)cc1. The molecule has 1 aliphatic rings. The van der Waals surface area contributed by atoms with E-state index in [2.05, 4.69) is 4.90 Å². The molecule has 3 aromatic carbocycles. The number of likely N-dealkylation sites (tertiary alicyclic amines) is 1. The highest BCUT2D eigenvalue weighted by molar-refractivity contribution is 7.21. The van der Waals surface area contributed by atoms with Gasteiger partial charge in [-0.3, -0.25) is 14.1 Å². The predicted octanol–water partition coefficient (Wildman–Crippen LogP) is 9.38. The molecule has 1 atom stereocenters. The molecule has 0 spiro atoms. The van der Waals surface area contributed by atoms with Gasteiger partial charge in [-0.25, -0.2) is 0 Å². The average molecular weight is 582 g/mol. The first-order valence-electron chi connectivity index (χ1n) is 14.6. The second kappa shape index (κ2) is 18.1. The molecule has 0 aliphatic carbocycles. The first-order valence-corrected chi connectivity index (χ1v) is 15.5. The number of ether oxygens (including phenoxy) is 2. The van der Waals surface area contributed by atoms with Gasteiger partial charge < -0.3 is 14.6 Å². The van der Waals surface area contributed by atoms with Gasteiger partial charge >= 0.3 is 0 Å². The number of fused-ring (bicyclic) bond motifs is 1. The van der Waals surface area contributed by atoms with E-state index in [0.29, 0.717) is 28.5 Å². The molecule has 0 saturated carbocycles. The van der Waals surface area contributed by atoms with E-state index in [9.17, 15) is 14.3 Å². The molecule has 1 fully saturated rings. The number of nitrogens with zero attached hydrogens (tertiary/aromatic N) is 1. The fraction of sp³-hybridized carbons (Fsp3) is 0.382. The Morgan fingerprint density at radius 1 is 0.951 bits per heavy atom. The molecule has 0 unspecified atom stereocenters. The third kappa shape index (κ3) is 9.30. The van der Waals surface area contributed by atoms with Gasteiger partial charge in [-0.15, -0.1) is 11.3 Å². The van der Waals surface area contributed by atoms with Gasteiger partial charge in [0.25, 0.3) is 0 Å². The lowest BCUT2D eigenvalue weighted by molar-refractivity contribution is 0.104. The summed E-state index contributed by atoms with van der Waals surface area (Å²) in [5.74, 6) is 1.95. The van der Waals surface area contributed by atoms with E-state index in [1.165, 1.54) is 11.3 Å². The summed E-state index contributed by atoms with van der Waals surface area (Å²) in [6, 6.07) is 21.4. The first kappa shape index (κ1) is 33.8. The van der Waals surface area contributed by atoms with Crippen LogP contribution < -0.4 is 9.47 Å². The zero-order valence-corrected chi connectivity index (χ0v) is 26.0. The minimum atomic E-state index is -0.252. The molecule has 0 amide bonds. The van der Waals surface area contributed by atoms with Crippen LogP contribution in [0.3, 0.4) is 0 Å². The van der Waals surface area contributed by atoms with E-state index in [1.807, 2.05) is 84.0 Å². The monoisotopic (exact) mass is 581 g/mol. The lowest BCUT2D eigenvalue weighted by Gasteiger charge is -2.16. The summed E-state index contributed by atoms with van der Waals surface area (Å²) in [5, 5.41) is 10.7. The van der Waals surface area contributed by atoms with Crippen LogP contribution in [0.25, 0.3) is 10.1 Å². The number of hydrogen-bond acceptors (Lipinski definition) is 6. The number of phenolic OH excluding ortho intramolecular Hbond substituents is 1. The fourth-order valence-electron chi connectivity index (χ4n) is 4.29. The molecule has 41 heavy (non-hydrogen) atoms. The van der Waals surface area contributed by atoms with Crippen LogP contribution in [-0.2, 0) is 0 Å². The third-order valence-electron chi connectivity index (χ3n) is 6.18. The summed E-state index contributed by atoms with van der Waals surface area (Å²) in [6.45, 7) is 14.8. The highest BCUT2D eigenvalue weighted by Crippen LogP contribution is 2.42. The van der Waals surface area contributed by atoms with Gasteiger partial charge in [-0.1, -0.05) is 71.9 Å². The smallest absolute Gasteiger partial charge is 0.206 e. The molecule has 7 heteroatoms. The van der Waals surface area contributed by atoms with Crippen molar-refractivity contribution in [1.82, 2.24) is 4.90 Å². The normalized spacial score (nSPS) is 14.1. The summed E-state index contributed by atoms with van der Waals surface area (Å²) in [4.78, 5) is 16.0. The fourth-order valence-corrected chi connectivity index (χ4v) is 5.41. The summed E-state index contributed by atoms with van der Waals surface area (Å²) in [6.07, 6.45) is 0.911. The van der Waals surface area contributed by atoms with Gasteiger partial charge in [0.05, 0.1) is 6.67 Å². The lowest BCUT2D eigenvalue weighted by atomic mass is 10.1. The molecular formula is C34H44FNO4S. The Morgan fingerprint density at radius 3 is 2.24 bits per heavy atom. The maximum atomic E-state index is 13.3. The van der Waals surface area contributed by atoms with Crippen LogP contribution >= 0.6 is 11.3 Å². The van der Waals surface area contributed by atoms with Crippen LogP contribution in [0, 0.1) is 5.92 Å². The third-order valence-corrected chi connectivity index (χ3v) is 7.31. The molecule has 5 rings (SSSR count). The number of benzene rings is 3. The van der Waals surface area contributed by atoms with Crippen LogP contribution in [0.15, 0.2) is 72.8 Å². The van der Waals surface area contributed by atoms with E-state index < -0.39 is 0 Å². The van der Waals surface area contributed by atoms with Crippen molar-refractivity contribution >= 4 is 27.2 Å². The Hall–Kier alpha value is -3.42. The number of ketones is 1. The van der Waals surface area contributed by atoms with E-state index in [4.69, 9.17) is 9.47 Å². The Labute approximate surface area is 248 Å². The molecule has 0 radical (unpaired) electrons. The zero-order valence-electron chi connectivity index (χ0n) is 25.2. The van der Waals surface area contributed by atoms with E-state index in [-0.39, 0.29) is 24.1 Å². The van der Waals surface area contributed by atoms with Crippen molar-refractivity contribution in [1.29, 1.82) is 0 Å². The number of alkyl halides is 1. The molecule has 222 valence electrons. The number of aromatic hydroxyl groups is 1. The van der Waals surface area contributed by atoms with E-state index in [0.717, 1.165) is 41.9 Å². The molecule has 0 bridgehead atoms. The number of phenols is 1. The molecule has 5 nitrogen and oxygen atoms in total. The number of carbonyl (C=O) groups is 1. The highest BCUT2D eigenvalue weighted by atomic mass is 32.1. The number of halogens is 1. The van der Waals surface area contributed by atoms with Crippen LogP contribution in [0.1, 0.15) is 63.2 Å². The van der Waals surface area contributed by atoms with Crippen molar-refractivity contribution in [3.8, 4) is 23.0 Å². The second-order valence-electron chi connectivity index (χ2n) is 8.67. The van der Waals surface area contributed by atoms with Gasteiger partial charge in [-0.2, -0.15) is 0 Å². The van der Waals surface area contributed by atoms with E-state index in [1.54, 1.807) is 30.3 Å². The molecule has 4 aromatic rings. The standard InChI is InChI=1S/C28H26FNO4S.3C2H6/c29-17-19-12-13-30(18-19)14-15-33-22-7-9-23(10-8-22)34-27-24-11-6-21(31)16-25(24)35-28(27)26(32)20-4-2-1-3-5-20;3*1-2/h1-11,16,19,31H,12-15,17-18H2;3*1-2H3/t19-;;;/m0.../s1. The van der Waals surface area contributed by atoms with Crippen LogP contribution in [0.4, 0.5) is 4.39 Å². The summed E-state index contributed by atoms with van der Waals surface area (Å²) >= 11 is 1.30. The van der Waals surface area contributed by atoms with Gasteiger partial charge in [0.15, 0.2) is 5.75 Å². The van der Waals surface area contributed by atoms with E-state index >= 15 is 0 Å². The Morgan fingerprint density at radius 2 is 1.61 bits per heavy atom. The van der Waals surface area contributed by atoms with Crippen molar-refractivity contribution < 1.29 is 23.8 Å². The molecular weight excluding hydrogens is 537 g/mol. The molecule has 1 aromatic heterocycles. The summed E-state index contributed by atoms with van der Waals surface area (Å²) in [5.41, 5.74) is 0.577. The topological polar surface area (TPSA) is 59.0 Å². The maximum absolute atomic E-state index is 13.3. The van der Waals surface area contributed by atoms with Gasteiger partial charge in [-0.05, 0) is 55.4 Å². The molecule has 2 heterocycles. The number of rotatable bonds is 9.